The highest BCUT2D eigenvalue weighted by atomic mass is 35.5. The van der Waals surface area contributed by atoms with E-state index in [0.29, 0.717) is 12.2 Å². The molecule has 0 spiro atoms. The van der Waals surface area contributed by atoms with Crippen molar-refractivity contribution in [1.29, 1.82) is 0 Å². The van der Waals surface area contributed by atoms with Gasteiger partial charge in [-0.3, -0.25) is 4.98 Å². The molecule has 2 unspecified atom stereocenters. The molecule has 28 heavy (non-hydrogen) atoms. The van der Waals surface area contributed by atoms with Gasteiger partial charge in [-0.05, 0) is 60.2 Å². The highest BCUT2D eigenvalue weighted by molar-refractivity contribution is 7.79. The first-order valence-electron chi connectivity index (χ1n) is 9.56. The van der Waals surface area contributed by atoms with Gasteiger partial charge < -0.3 is 15.2 Å². The summed E-state index contributed by atoms with van der Waals surface area (Å²) >= 11 is 4.50. The maximum Gasteiger partial charge on any atom is 0.162 e. The molecule has 0 fully saturated rings. The molecule has 0 saturated carbocycles. The monoisotopic (exact) mass is 421 g/mol. The summed E-state index contributed by atoms with van der Waals surface area (Å²) in [5, 5.41) is 7.11. The Kier molecular flexibility index (Phi) is 6.76. The van der Waals surface area contributed by atoms with Gasteiger partial charge in [0.25, 0.3) is 0 Å². The van der Waals surface area contributed by atoms with E-state index in [9.17, 15) is 8.76 Å². The predicted octanol–water partition coefficient (Wildman–Crippen LogP) is 4.34. The predicted molar refractivity (Wildman–Crippen MR) is 116 cm³/mol. The minimum Gasteiger partial charge on any atom is -0.379 e. The van der Waals surface area contributed by atoms with Gasteiger partial charge in [0.05, 0.1) is 16.4 Å². The Balaban J connectivity index is 1.77. The lowest BCUT2D eigenvalue weighted by Gasteiger charge is -2.27. The molecule has 0 radical (unpaired) electrons. The van der Waals surface area contributed by atoms with Crippen LogP contribution in [0.25, 0.3) is 0 Å². The Labute approximate surface area is 174 Å². The Morgan fingerprint density at radius 2 is 2.00 bits per heavy atom. The first-order valence-corrected chi connectivity index (χ1v) is 11.1. The van der Waals surface area contributed by atoms with Gasteiger partial charge in [0.2, 0.25) is 0 Å². The van der Waals surface area contributed by atoms with Crippen molar-refractivity contribution in [3.05, 3.63) is 57.9 Å². The zero-order chi connectivity index (χ0) is 20.3. The number of anilines is 1. The normalized spacial score (nSPS) is 16.8. The number of nitrogens with zero attached hydrogens (tertiary/aromatic N) is 1. The van der Waals surface area contributed by atoms with Crippen molar-refractivity contribution in [3.8, 4) is 0 Å². The number of nitrogens with one attached hydrogen (secondary N) is 2. The lowest BCUT2D eigenvalue weighted by molar-refractivity contribution is 0.372. The second-order valence-corrected chi connectivity index (χ2v) is 9.71. The van der Waals surface area contributed by atoms with Crippen LogP contribution >= 0.6 is 11.6 Å². The minimum atomic E-state index is -1.97. The van der Waals surface area contributed by atoms with Crippen LogP contribution in [-0.4, -0.2) is 26.8 Å². The molecule has 3 rings (SSSR count). The van der Waals surface area contributed by atoms with Crippen molar-refractivity contribution in [2.24, 2.45) is 5.41 Å². The number of halogens is 1. The van der Waals surface area contributed by atoms with Crippen LogP contribution in [0.15, 0.2) is 30.5 Å². The third kappa shape index (κ3) is 4.92. The molecule has 7 heteroatoms. The number of aromatic nitrogens is 1. The van der Waals surface area contributed by atoms with E-state index in [1.54, 1.807) is 6.20 Å². The van der Waals surface area contributed by atoms with Crippen LogP contribution in [-0.2, 0) is 30.5 Å². The molecule has 0 saturated heterocycles. The van der Waals surface area contributed by atoms with E-state index in [4.69, 9.17) is 11.6 Å². The first kappa shape index (κ1) is 21.2. The molecule has 5 nitrogen and oxygen atoms in total. The highest BCUT2D eigenvalue weighted by Gasteiger charge is 2.32. The van der Waals surface area contributed by atoms with Crippen LogP contribution in [0.5, 0.6) is 0 Å². The number of benzene rings is 1. The fourth-order valence-electron chi connectivity index (χ4n) is 3.67. The SMILES string of the molecule is CC(C)(C)C(c1ccc(CNc2c(Cl)ccc3c2CCNCC3)cn1)S(=O)O. The smallest absolute Gasteiger partial charge is 0.162 e. The number of pyridine rings is 1. The first-order chi connectivity index (χ1) is 13.3. The van der Waals surface area contributed by atoms with Gasteiger partial charge in [-0.2, -0.15) is 0 Å². The number of hydrogen-bond acceptors (Lipinski definition) is 4. The average Bonchev–Trinajstić information content (AvgIpc) is 2.86. The summed E-state index contributed by atoms with van der Waals surface area (Å²) < 4.78 is 21.5. The lowest BCUT2D eigenvalue weighted by atomic mass is 9.89. The molecule has 2 heterocycles. The Morgan fingerprint density at radius 3 is 2.64 bits per heavy atom. The summed E-state index contributed by atoms with van der Waals surface area (Å²) in [7, 11) is 0. The van der Waals surface area contributed by atoms with Gasteiger partial charge in [-0.25, -0.2) is 4.21 Å². The molecule has 1 aromatic carbocycles. The summed E-state index contributed by atoms with van der Waals surface area (Å²) in [6.45, 7) is 8.37. The quantitative estimate of drug-likeness (QED) is 0.626. The largest absolute Gasteiger partial charge is 0.379 e. The maximum atomic E-state index is 11.8. The molecule has 0 aliphatic carbocycles. The molecule has 0 bridgehead atoms. The van der Waals surface area contributed by atoms with Crippen LogP contribution in [0.4, 0.5) is 5.69 Å². The van der Waals surface area contributed by atoms with E-state index in [1.165, 1.54) is 11.1 Å². The van der Waals surface area contributed by atoms with E-state index in [1.807, 2.05) is 39.0 Å². The molecule has 1 aliphatic heterocycles. The molecular formula is C21H28ClN3O2S. The van der Waals surface area contributed by atoms with Crippen LogP contribution in [0, 0.1) is 5.41 Å². The topological polar surface area (TPSA) is 74.2 Å². The molecule has 2 atom stereocenters. The van der Waals surface area contributed by atoms with Gasteiger partial charge in [0, 0.05) is 12.7 Å². The van der Waals surface area contributed by atoms with Crippen LogP contribution in [0.3, 0.4) is 0 Å². The zero-order valence-electron chi connectivity index (χ0n) is 16.6. The second-order valence-electron chi connectivity index (χ2n) is 8.28. The zero-order valence-corrected chi connectivity index (χ0v) is 18.2. The Hall–Kier alpha value is -1.47. The molecule has 1 aliphatic rings. The van der Waals surface area contributed by atoms with Crippen molar-refractivity contribution in [2.75, 3.05) is 18.4 Å². The van der Waals surface area contributed by atoms with E-state index < -0.39 is 16.3 Å². The van der Waals surface area contributed by atoms with Crippen molar-refractivity contribution in [3.63, 3.8) is 0 Å². The summed E-state index contributed by atoms with van der Waals surface area (Å²) in [5.41, 5.74) is 4.90. The third-order valence-corrected chi connectivity index (χ3v) is 6.72. The fourth-order valence-corrected chi connectivity index (χ4v) is 4.86. The van der Waals surface area contributed by atoms with Gasteiger partial charge in [0.1, 0.15) is 5.25 Å². The van der Waals surface area contributed by atoms with Gasteiger partial charge >= 0.3 is 0 Å². The molecule has 1 aromatic heterocycles. The highest BCUT2D eigenvalue weighted by Crippen LogP contribution is 2.36. The van der Waals surface area contributed by atoms with Gasteiger partial charge in [-0.1, -0.05) is 44.5 Å². The number of rotatable bonds is 5. The fraction of sp³-hybridized carbons (Fsp3) is 0.476. The van der Waals surface area contributed by atoms with E-state index in [-0.39, 0.29) is 5.41 Å². The number of hydrogen-bond donors (Lipinski definition) is 3. The van der Waals surface area contributed by atoms with Crippen LogP contribution in [0.2, 0.25) is 5.02 Å². The third-order valence-electron chi connectivity index (χ3n) is 5.06. The number of fused-ring (bicyclic) bond motifs is 1. The Morgan fingerprint density at radius 1 is 1.25 bits per heavy atom. The Bertz CT molecular complexity index is 850. The second kappa shape index (κ2) is 8.91. The van der Waals surface area contributed by atoms with Crippen LogP contribution in [0.1, 0.15) is 48.4 Å². The summed E-state index contributed by atoms with van der Waals surface area (Å²) in [4.78, 5) is 4.47. The van der Waals surface area contributed by atoms with E-state index >= 15 is 0 Å². The summed E-state index contributed by atoms with van der Waals surface area (Å²) in [6.07, 6.45) is 3.72. The van der Waals surface area contributed by atoms with Crippen molar-refractivity contribution >= 4 is 28.4 Å². The summed E-state index contributed by atoms with van der Waals surface area (Å²) in [6, 6.07) is 7.88. The van der Waals surface area contributed by atoms with Crippen molar-refractivity contribution < 1.29 is 8.76 Å². The molecular weight excluding hydrogens is 394 g/mol. The van der Waals surface area contributed by atoms with Gasteiger partial charge in [-0.15, -0.1) is 0 Å². The molecule has 3 N–H and O–H groups in total. The van der Waals surface area contributed by atoms with Gasteiger partial charge in [0.15, 0.2) is 11.1 Å². The standard InChI is InChI=1S/C21H28ClN3O2S/c1-21(2,3)20(28(26)27)18-7-4-14(12-24-18)13-25-19-16-9-11-23-10-8-15(16)5-6-17(19)22/h4-7,12,20,23,25H,8-11,13H2,1-3H3,(H,26,27). The van der Waals surface area contributed by atoms with Crippen LogP contribution < -0.4 is 10.6 Å². The average molecular weight is 422 g/mol. The molecule has 2 aromatic rings. The van der Waals surface area contributed by atoms with E-state index in [2.05, 4.69) is 21.7 Å². The lowest BCUT2D eigenvalue weighted by Crippen LogP contribution is -2.23. The maximum absolute atomic E-state index is 11.8. The molecule has 152 valence electrons. The van der Waals surface area contributed by atoms with Crippen molar-refractivity contribution in [2.45, 2.75) is 45.4 Å². The van der Waals surface area contributed by atoms with E-state index in [0.717, 1.165) is 42.2 Å². The molecule has 0 amide bonds. The summed E-state index contributed by atoms with van der Waals surface area (Å²) in [5.74, 6) is 0. The minimum absolute atomic E-state index is 0.352. The van der Waals surface area contributed by atoms with Crippen molar-refractivity contribution in [1.82, 2.24) is 10.3 Å².